The monoisotopic (exact) mass is 201 g/mol. The molecule has 0 fully saturated rings. The third-order valence-corrected chi connectivity index (χ3v) is 1.85. The van der Waals surface area contributed by atoms with Crippen LogP contribution in [-0.2, 0) is 0 Å². The van der Waals surface area contributed by atoms with E-state index >= 15 is 0 Å². The minimum atomic E-state index is -0.521. The van der Waals surface area contributed by atoms with Crippen molar-refractivity contribution in [2.45, 2.75) is 0 Å². The van der Waals surface area contributed by atoms with E-state index < -0.39 is 4.92 Å². The summed E-state index contributed by atoms with van der Waals surface area (Å²) in [4.78, 5) is 17.9. The fourth-order valence-corrected chi connectivity index (χ4v) is 1.18. The van der Waals surface area contributed by atoms with Gasteiger partial charge in [-0.25, -0.2) is 0 Å². The molecule has 15 heavy (non-hydrogen) atoms. The Hall–Kier alpha value is -2.30. The maximum absolute atomic E-state index is 10.5. The fourth-order valence-electron chi connectivity index (χ4n) is 1.18. The fraction of sp³-hybridized carbons (Fsp3) is 0. The summed E-state index contributed by atoms with van der Waals surface area (Å²) < 4.78 is 0. The minimum Gasteiger partial charge on any atom is -0.358 e. The normalized spacial score (nSPS) is 9.87. The Kier molecular flexibility index (Phi) is 2.37. The molecule has 0 radical (unpaired) electrons. The van der Waals surface area contributed by atoms with E-state index in [0.29, 0.717) is 11.4 Å². The Morgan fingerprint density at radius 2 is 1.87 bits per heavy atom. The van der Waals surface area contributed by atoms with E-state index in [9.17, 15) is 10.1 Å². The lowest BCUT2D eigenvalue weighted by Crippen LogP contribution is -1.93. The highest BCUT2D eigenvalue weighted by atomic mass is 16.6. The van der Waals surface area contributed by atoms with Gasteiger partial charge in [-0.05, 0) is 34.2 Å². The van der Waals surface area contributed by atoms with Crippen molar-refractivity contribution in [1.29, 1.82) is 0 Å². The van der Waals surface area contributed by atoms with Crippen LogP contribution in [0.4, 0.5) is 5.82 Å². The minimum absolute atomic E-state index is 0.168. The second-order valence-corrected chi connectivity index (χ2v) is 2.85. The van der Waals surface area contributed by atoms with Gasteiger partial charge in [-0.2, -0.15) is 0 Å². The van der Waals surface area contributed by atoms with Crippen molar-refractivity contribution in [3.05, 3.63) is 52.7 Å². The molecule has 0 unspecified atom stereocenters. The summed E-state index contributed by atoms with van der Waals surface area (Å²) in [6.45, 7) is 0. The van der Waals surface area contributed by atoms with E-state index in [4.69, 9.17) is 0 Å². The molecule has 0 bridgehead atoms. The summed E-state index contributed by atoms with van der Waals surface area (Å²) in [7, 11) is 0. The van der Waals surface area contributed by atoms with Crippen molar-refractivity contribution >= 4 is 5.82 Å². The number of nitrogens with zero attached hydrogens (tertiary/aromatic N) is 3. The summed E-state index contributed by atoms with van der Waals surface area (Å²) in [6, 6.07) is 9.98. The van der Waals surface area contributed by atoms with Crippen LogP contribution in [0.15, 0.2) is 42.6 Å². The molecule has 5 heteroatoms. The van der Waals surface area contributed by atoms with Gasteiger partial charge in [0.1, 0.15) is 5.69 Å². The molecule has 0 amide bonds. The van der Waals surface area contributed by atoms with Crippen LogP contribution in [0.2, 0.25) is 0 Å². The van der Waals surface area contributed by atoms with Crippen LogP contribution in [-0.4, -0.2) is 14.9 Å². The molecule has 0 aliphatic heterocycles. The van der Waals surface area contributed by atoms with Crippen LogP contribution in [0.25, 0.3) is 11.4 Å². The molecule has 2 heterocycles. The van der Waals surface area contributed by atoms with Gasteiger partial charge in [-0.3, -0.25) is 4.98 Å². The topological polar surface area (TPSA) is 68.9 Å². The van der Waals surface area contributed by atoms with Crippen LogP contribution in [0.5, 0.6) is 0 Å². The van der Waals surface area contributed by atoms with E-state index in [-0.39, 0.29) is 5.82 Å². The predicted octanol–water partition coefficient (Wildman–Crippen LogP) is 2.05. The lowest BCUT2D eigenvalue weighted by Gasteiger charge is -1.95. The van der Waals surface area contributed by atoms with Crippen molar-refractivity contribution in [3.8, 4) is 11.4 Å². The summed E-state index contributed by atoms with van der Waals surface area (Å²) in [5.41, 5.74) is 1.13. The van der Waals surface area contributed by atoms with Gasteiger partial charge in [-0.1, -0.05) is 6.07 Å². The second kappa shape index (κ2) is 3.83. The summed E-state index contributed by atoms with van der Waals surface area (Å²) >= 11 is 0. The average Bonchev–Trinajstić information content (AvgIpc) is 2.30. The van der Waals surface area contributed by atoms with Gasteiger partial charge in [0.25, 0.3) is 0 Å². The molecule has 2 aromatic heterocycles. The average molecular weight is 201 g/mol. The first-order valence-corrected chi connectivity index (χ1v) is 4.30. The molecule has 0 spiro atoms. The number of hydrogen-bond acceptors (Lipinski definition) is 4. The zero-order valence-corrected chi connectivity index (χ0v) is 7.70. The molecule has 0 atom stereocenters. The Bertz CT molecular complexity index is 485. The third-order valence-electron chi connectivity index (χ3n) is 1.85. The van der Waals surface area contributed by atoms with Crippen LogP contribution in [0.1, 0.15) is 0 Å². The number of aromatic nitrogens is 2. The molecular weight excluding hydrogens is 194 g/mol. The Balaban J connectivity index is 2.46. The summed E-state index contributed by atoms with van der Waals surface area (Å²) in [6.07, 6.45) is 1.62. The number of nitro groups is 1. The van der Waals surface area contributed by atoms with Crippen molar-refractivity contribution in [3.63, 3.8) is 0 Å². The first kappa shape index (κ1) is 9.26. The van der Waals surface area contributed by atoms with Crippen molar-refractivity contribution in [2.24, 2.45) is 0 Å². The van der Waals surface area contributed by atoms with Crippen LogP contribution in [0, 0.1) is 10.1 Å². The van der Waals surface area contributed by atoms with Crippen molar-refractivity contribution < 1.29 is 4.92 Å². The van der Waals surface area contributed by atoms with E-state index in [1.807, 2.05) is 6.07 Å². The molecule has 5 nitrogen and oxygen atoms in total. The van der Waals surface area contributed by atoms with Gasteiger partial charge in [0.15, 0.2) is 0 Å². The Labute approximate surface area is 85.6 Å². The SMILES string of the molecule is O=[N+]([O-])c1cccc(-c2ccccn2)n1. The number of hydrogen-bond donors (Lipinski definition) is 0. The molecule has 0 aliphatic rings. The molecule has 0 aliphatic carbocycles. The third kappa shape index (κ3) is 1.96. The highest BCUT2D eigenvalue weighted by Gasteiger charge is 2.11. The molecule has 2 rings (SSSR count). The van der Waals surface area contributed by atoms with E-state index in [2.05, 4.69) is 9.97 Å². The van der Waals surface area contributed by atoms with Crippen LogP contribution >= 0.6 is 0 Å². The predicted molar refractivity (Wildman–Crippen MR) is 54.1 cm³/mol. The van der Waals surface area contributed by atoms with Gasteiger partial charge < -0.3 is 10.1 Å². The van der Waals surface area contributed by atoms with E-state index in [0.717, 1.165) is 0 Å². The van der Waals surface area contributed by atoms with E-state index in [1.165, 1.54) is 6.07 Å². The smallest absolute Gasteiger partial charge is 0.358 e. The van der Waals surface area contributed by atoms with Gasteiger partial charge in [-0.15, -0.1) is 0 Å². The summed E-state index contributed by atoms with van der Waals surface area (Å²) in [5.74, 6) is -0.168. The summed E-state index contributed by atoms with van der Waals surface area (Å²) in [5, 5.41) is 10.5. The number of rotatable bonds is 2. The molecular formula is C10H7N3O2. The van der Waals surface area contributed by atoms with Crippen LogP contribution in [0.3, 0.4) is 0 Å². The quantitative estimate of drug-likeness (QED) is 0.550. The maximum Gasteiger partial charge on any atom is 0.364 e. The van der Waals surface area contributed by atoms with Gasteiger partial charge in [0.2, 0.25) is 5.69 Å². The first-order valence-electron chi connectivity index (χ1n) is 4.30. The number of pyridine rings is 2. The zero-order valence-electron chi connectivity index (χ0n) is 7.70. The molecule has 0 N–H and O–H groups in total. The molecule has 0 saturated carbocycles. The standard InChI is InChI=1S/C10H7N3O2/c14-13(15)10-6-3-5-9(12-10)8-4-1-2-7-11-8/h1-7H. The molecule has 2 aromatic rings. The maximum atomic E-state index is 10.5. The lowest BCUT2D eigenvalue weighted by atomic mass is 10.2. The van der Waals surface area contributed by atoms with Gasteiger partial charge >= 0.3 is 5.82 Å². The Morgan fingerprint density at radius 3 is 2.53 bits per heavy atom. The molecule has 0 aromatic carbocycles. The highest BCUT2D eigenvalue weighted by molar-refractivity contribution is 5.54. The molecule has 0 saturated heterocycles. The zero-order chi connectivity index (χ0) is 10.7. The van der Waals surface area contributed by atoms with Crippen molar-refractivity contribution in [2.75, 3.05) is 0 Å². The Morgan fingerprint density at radius 1 is 1.07 bits per heavy atom. The second-order valence-electron chi connectivity index (χ2n) is 2.85. The molecule has 74 valence electrons. The van der Waals surface area contributed by atoms with Gasteiger partial charge in [0, 0.05) is 12.3 Å². The van der Waals surface area contributed by atoms with Crippen LogP contribution < -0.4 is 0 Å². The van der Waals surface area contributed by atoms with Crippen molar-refractivity contribution in [1.82, 2.24) is 9.97 Å². The lowest BCUT2D eigenvalue weighted by molar-refractivity contribution is -0.389. The largest absolute Gasteiger partial charge is 0.364 e. The first-order chi connectivity index (χ1) is 7.27. The van der Waals surface area contributed by atoms with E-state index in [1.54, 1.807) is 30.5 Å². The van der Waals surface area contributed by atoms with Gasteiger partial charge in [0.05, 0.1) is 0 Å². The highest BCUT2D eigenvalue weighted by Crippen LogP contribution is 2.16.